The minimum absolute atomic E-state index is 0.245. The molecule has 1 heterocycles. The van der Waals surface area contributed by atoms with Crippen LogP contribution in [0.25, 0.3) is 0 Å². The van der Waals surface area contributed by atoms with Crippen LogP contribution < -0.4 is 0 Å². The van der Waals surface area contributed by atoms with Gasteiger partial charge < -0.3 is 18.9 Å². The average molecular weight is 311 g/mol. The summed E-state index contributed by atoms with van der Waals surface area (Å²) in [7, 11) is 0. The molecule has 0 N–H and O–H groups in total. The second-order valence-corrected chi connectivity index (χ2v) is 4.98. The van der Waals surface area contributed by atoms with Crippen molar-refractivity contribution in [3.8, 4) is 0 Å². The van der Waals surface area contributed by atoms with Crippen LogP contribution in [-0.2, 0) is 18.9 Å². The van der Waals surface area contributed by atoms with Crippen molar-refractivity contribution in [3.05, 3.63) is 0 Å². The monoisotopic (exact) mass is 310 g/mol. The molecule has 17 heavy (non-hydrogen) atoms. The smallest absolute Gasteiger partial charge is 0.0982 e. The molecule has 1 atom stereocenters. The third kappa shape index (κ3) is 7.36. The van der Waals surface area contributed by atoms with E-state index >= 15 is 0 Å². The number of rotatable bonds is 1. The highest BCUT2D eigenvalue weighted by Gasteiger charge is 2.23. The average Bonchev–Trinajstić information content (AvgIpc) is 2.34. The first-order valence-electron chi connectivity index (χ1n) is 6.20. The Labute approximate surface area is 112 Å². The predicted molar refractivity (Wildman–Crippen MR) is 69.8 cm³/mol. The Morgan fingerprint density at radius 1 is 0.882 bits per heavy atom. The van der Waals surface area contributed by atoms with Crippen LogP contribution in [0.5, 0.6) is 0 Å². The highest BCUT2D eigenvalue weighted by Crippen LogP contribution is 2.15. The maximum absolute atomic E-state index is 5.84. The minimum Gasteiger partial charge on any atom is -0.379 e. The van der Waals surface area contributed by atoms with E-state index in [1.165, 1.54) is 0 Å². The summed E-state index contributed by atoms with van der Waals surface area (Å²) >= 11 is 3.47. The first kappa shape index (κ1) is 15.4. The summed E-state index contributed by atoms with van der Waals surface area (Å²) in [6.45, 7) is 6.87. The summed E-state index contributed by atoms with van der Waals surface area (Å²) < 4.78 is 22.3. The van der Waals surface area contributed by atoms with E-state index in [-0.39, 0.29) is 5.60 Å². The molecule has 0 aliphatic carbocycles. The molecule has 0 aromatic heterocycles. The van der Waals surface area contributed by atoms with Crippen molar-refractivity contribution in [1.82, 2.24) is 0 Å². The van der Waals surface area contributed by atoms with Gasteiger partial charge in [-0.1, -0.05) is 15.9 Å². The third-order valence-electron chi connectivity index (χ3n) is 2.52. The molecule has 1 fully saturated rings. The van der Waals surface area contributed by atoms with Gasteiger partial charge in [0, 0.05) is 31.8 Å². The summed E-state index contributed by atoms with van der Waals surface area (Å²) in [6, 6.07) is 0. The van der Waals surface area contributed by atoms with Crippen LogP contribution in [-0.4, -0.2) is 57.2 Å². The molecule has 0 amide bonds. The number of halogens is 1. The molecular weight excluding hydrogens is 288 g/mol. The molecule has 5 heteroatoms. The fourth-order valence-corrected chi connectivity index (χ4v) is 1.80. The van der Waals surface area contributed by atoms with E-state index in [0.29, 0.717) is 33.0 Å². The van der Waals surface area contributed by atoms with Gasteiger partial charge in [0.2, 0.25) is 0 Å². The van der Waals surface area contributed by atoms with E-state index in [1.54, 1.807) is 0 Å². The molecule has 0 spiro atoms. The van der Waals surface area contributed by atoms with Crippen molar-refractivity contribution in [2.24, 2.45) is 0 Å². The Kier molecular flexibility index (Phi) is 8.39. The van der Waals surface area contributed by atoms with E-state index in [0.717, 1.165) is 31.4 Å². The van der Waals surface area contributed by atoms with E-state index < -0.39 is 0 Å². The number of hydrogen-bond donors (Lipinski definition) is 0. The second-order valence-electron chi connectivity index (χ2n) is 4.42. The number of alkyl halides is 1. The van der Waals surface area contributed by atoms with Crippen LogP contribution in [0.4, 0.5) is 0 Å². The molecule has 0 aromatic carbocycles. The second kappa shape index (κ2) is 9.28. The lowest BCUT2D eigenvalue weighted by molar-refractivity contribution is -0.0813. The summed E-state index contributed by atoms with van der Waals surface area (Å²) in [5.41, 5.74) is -0.245. The van der Waals surface area contributed by atoms with Crippen LogP contribution in [0.2, 0.25) is 0 Å². The zero-order chi connectivity index (χ0) is 12.4. The Morgan fingerprint density at radius 3 is 2.12 bits per heavy atom. The fourth-order valence-electron chi connectivity index (χ4n) is 1.47. The molecule has 4 nitrogen and oxygen atoms in total. The van der Waals surface area contributed by atoms with Crippen LogP contribution in [0, 0.1) is 0 Å². The molecule has 0 bridgehead atoms. The Hall–Kier alpha value is 0.320. The van der Waals surface area contributed by atoms with E-state index in [4.69, 9.17) is 18.9 Å². The van der Waals surface area contributed by atoms with Gasteiger partial charge in [-0.15, -0.1) is 0 Å². The van der Waals surface area contributed by atoms with Crippen molar-refractivity contribution >= 4 is 15.9 Å². The van der Waals surface area contributed by atoms with Gasteiger partial charge in [0.1, 0.15) is 0 Å². The molecule has 0 saturated carbocycles. The van der Waals surface area contributed by atoms with Crippen LogP contribution in [0.3, 0.4) is 0 Å². The topological polar surface area (TPSA) is 36.9 Å². The lowest BCUT2D eigenvalue weighted by atomic mass is 10.1. The maximum Gasteiger partial charge on any atom is 0.0982 e. The highest BCUT2D eigenvalue weighted by molar-refractivity contribution is 9.09. The molecule has 1 saturated heterocycles. The SMILES string of the molecule is CC1(CBr)COCCCOCCOCCCO1. The summed E-state index contributed by atoms with van der Waals surface area (Å²) in [5, 5.41) is 0.775. The fraction of sp³-hybridized carbons (Fsp3) is 1.00. The first-order valence-corrected chi connectivity index (χ1v) is 7.32. The predicted octanol–water partition coefficient (Wildman–Crippen LogP) is 2.00. The lowest BCUT2D eigenvalue weighted by Gasteiger charge is -2.28. The van der Waals surface area contributed by atoms with Crippen LogP contribution in [0.1, 0.15) is 19.8 Å². The van der Waals surface area contributed by atoms with Gasteiger partial charge in [-0.25, -0.2) is 0 Å². The molecule has 0 radical (unpaired) electrons. The van der Waals surface area contributed by atoms with Gasteiger partial charge in [0.05, 0.1) is 25.4 Å². The maximum atomic E-state index is 5.84. The molecule has 1 aliphatic heterocycles. The van der Waals surface area contributed by atoms with Crippen LogP contribution in [0.15, 0.2) is 0 Å². The largest absolute Gasteiger partial charge is 0.379 e. The Morgan fingerprint density at radius 2 is 1.47 bits per heavy atom. The summed E-state index contributed by atoms with van der Waals surface area (Å²) in [5.74, 6) is 0. The third-order valence-corrected chi connectivity index (χ3v) is 3.71. The van der Waals surface area contributed by atoms with Gasteiger partial charge in [-0.2, -0.15) is 0 Å². The minimum atomic E-state index is -0.245. The standard InChI is InChI=1S/C12H23BrO4/c1-12(10-13)11-16-6-2-4-14-8-9-15-5-3-7-17-12/h2-11H2,1H3. The Bertz CT molecular complexity index is 175. The lowest BCUT2D eigenvalue weighted by Crippen LogP contribution is -2.37. The van der Waals surface area contributed by atoms with Gasteiger partial charge in [0.15, 0.2) is 0 Å². The van der Waals surface area contributed by atoms with Crippen molar-refractivity contribution in [1.29, 1.82) is 0 Å². The zero-order valence-corrected chi connectivity index (χ0v) is 12.2. The van der Waals surface area contributed by atoms with E-state index in [1.807, 2.05) is 0 Å². The van der Waals surface area contributed by atoms with Crippen molar-refractivity contribution in [2.75, 3.05) is 51.6 Å². The highest BCUT2D eigenvalue weighted by atomic mass is 79.9. The molecule has 0 aromatic rings. The van der Waals surface area contributed by atoms with Gasteiger partial charge >= 0.3 is 0 Å². The van der Waals surface area contributed by atoms with Gasteiger partial charge in [-0.05, 0) is 19.8 Å². The number of ether oxygens (including phenoxy) is 4. The van der Waals surface area contributed by atoms with Gasteiger partial charge in [0.25, 0.3) is 0 Å². The molecule has 1 rings (SSSR count). The Balaban J connectivity index is 2.29. The van der Waals surface area contributed by atoms with E-state index in [9.17, 15) is 0 Å². The quantitative estimate of drug-likeness (QED) is 0.694. The normalized spacial score (nSPS) is 30.7. The van der Waals surface area contributed by atoms with Crippen molar-refractivity contribution in [3.63, 3.8) is 0 Å². The van der Waals surface area contributed by atoms with Gasteiger partial charge in [-0.3, -0.25) is 0 Å². The number of hydrogen-bond acceptors (Lipinski definition) is 4. The molecule has 1 aliphatic rings. The summed E-state index contributed by atoms with van der Waals surface area (Å²) in [6.07, 6.45) is 1.82. The van der Waals surface area contributed by atoms with Crippen LogP contribution >= 0.6 is 15.9 Å². The summed E-state index contributed by atoms with van der Waals surface area (Å²) in [4.78, 5) is 0. The van der Waals surface area contributed by atoms with Crippen molar-refractivity contribution < 1.29 is 18.9 Å². The first-order chi connectivity index (χ1) is 8.27. The zero-order valence-electron chi connectivity index (χ0n) is 10.6. The molecular formula is C12H23BrO4. The molecule has 102 valence electrons. The van der Waals surface area contributed by atoms with E-state index in [2.05, 4.69) is 22.9 Å². The molecule has 1 unspecified atom stereocenters. The van der Waals surface area contributed by atoms with Crippen molar-refractivity contribution in [2.45, 2.75) is 25.4 Å².